The average molecular weight is 397 g/mol. The number of benzene rings is 1. The molecule has 2 unspecified atom stereocenters. The van der Waals surface area contributed by atoms with E-state index in [2.05, 4.69) is 38.8 Å². The molecule has 7 nitrogen and oxygen atoms in total. The molecule has 0 aliphatic carbocycles. The summed E-state index contributed by atoms with van der Waals surface area (Å²) < 4.78 is 34.8. The van der Waals surface area contributed by atoms with Crippen LogP contribution in [0.2, 0.25) is 0 Å². The molecule has 1 aromatic rings. The number of para-hydroxylation sites is 1. The molecule has 2 heterocycles. The topological polar surface area (TPSA) is 65.1 Å². The number of anilines is 1. The quantitative estimate of drug-likeness (QED) is 0.701. The summed E-state index contributed by atoms with van der Waals surface area (Å²) in [5.74, 6) is 0. The maximum absolute atomic E-state index is 12.5. The maximum Gasteiger partial charge on any atom is 0.279 e. The van der Waals surface area contributed by atoms with E-state index in [9.17, 15) is 8.42 Å². The second-order valence-electron chi connectivity index (χ2n) is 7.49. The van der Waals surface area contributed by atoms with E-state index in [0.29, 0.717) is 19.6 Å². The zero-order chi connectivity index (χ0) is 19.3. The molecule has 2 aliphatic rings. The van der Waals surface area contributed by atoms with Crippen molar-refractivity contribution < 1.29 is 13.2 Å². The minimum Gasteiger partial charge on any atom is -0.373 e. The number of nitrogens with one attached hydrogen (secondary N) is 1. The van der Waals surface area contributed by atoms with E-state index in [1.54, 1.807) is 0 Å². The fraction of sp³-hybridized carbons (Fsp3) is 0.684. The Morgan fingerprint density at radius 2 is 1.67 bits per heavy atom. The third-order valence-electron chi connectivity index (χ3n) is 5.16. The van der Waals surface area contributed by atoms with Crippen LogP contribution in [0.15, 0.2) is 30.3 Å². The van der Waals surface area contributed by atoms with Gasteiger partial charge in [0, 0.05) is 51.5 Å². The molecule has 0 spiro atoms. The highest BCUT2D eigenvalue weighted by atomic mass is 32.2. The van der Waals surface area contributed by atoms with Gasteiger partial charge in [-0.15, -0.1) is 0 Å². The largest absolute Gasteiger partial charge is 0.373 e. The number of morpholine rings is 1. The van der Waals surface area contributed by atoms with E-state index in [1.807, 2.05) is 19.9 Å². The molecule has 0 radical (unpaired) electrons. The molecule has 2 aliphatic heterocycles. The number of rotatable bonds is 7. The molecule has 0 bridgehead atoms. The number of hydrogen-bond acceptors (Lipinski definition) is 5. The van der Waals surface area contributed by atoms with Crippen LogP contribution in [0.25, 0.3) is 0 Å². The molecule has 27 heavy (non-hydrogen) atoms. The van der Waals surface area contributed by atoms with Crippen molar-refractivity contribution in [3.8, 4) is 0 Å². The monoisotopic (exact) mass is 396 g/mol. The molecule has 2 fully saturated rings. The van der Waals surface area contributed by atoms with Crippen LogP contribution in [-0.4, -0.2) is 82.2 Å². The molecule has 0 saturated carbocycles. The fourth-order valence-corrected chi connectivity index (χ4v) is 5.19. The van der Waals surface area contributed by atoms with Gasteiger partial charge in [0.05, 0.1) is 12.2 Å². The molecule has 1 aromatic carbocycles. The van der Waals surface area contributed by atoms with Crippen LogP contribution in [0.1, 0.15) is 20.3 Å². The fourth-order valence-electron chi connectivity index (χ4n) is 3.79. The van der Waals surface area contributed by atoms with Crippen molar-refractivity contribution in [1.82, 2.24) is 13.9 Å². The molecule has 3 rings (SSSR count). The predicted molar refractivity (Wildman–Crippen MR) is 108 cm³/mol. The summed E-state index contributed by atoms with van der Waals surface area (Å²) in [6.45, 7) is 10.1. The van der Waals surface area contributed by atoms with E-state index in [4.69, 9.17) is 4.74 Å². The minimum absolute atomic E-state index is 0.0637. The summed E-state index contributed by atoms with van der Waals surface area (Å²) in [5.41, 5.74) is 1.28. The minimum atomic E-state index is -3.42. The highest BCUT2D eigenvalue weighted by molar-refractivity contribution is 7.87. The van der Waals surface area contributed by atoms with E-state index in [1.165, 1.54) is 9.99 Å². The third kappa shape index (κ3) is 5.89. The maximum atomic E-state index is 12.5. The predicted octanol–water partition coefficient (Wildman–Crippen LogP) is 1.14. The summed E-state index contributed by atoms with van der Waals surface area (Å²) in [7, 11) is -3.42. The molecule has 0 amide bonds. The van der Waals surface area contributed by atoms with Gasteiger partial charge in [0.1, 0.15) is 0 Å². The molecule has 2 saturated heterocycles. The average Bonchev–Trinajstić information content (AvgIpc) is 2.66. The normalized spacial score (nSPS) is 25.6. The first-order valence-electron chi connectivity index (χ1n) is 9.86. The van der Waals surface area contributed by atoms with Gasteiger partial charge < -0.3 is 9.64 Å². The Labute approximate surface area is 163 Å². The third-order valence-corrected chi connectivity index (χ3v) is 6.70. The SMILES string of the molecule is CC1CN(S(=O)(=O)NCCCN2CCN(c3ccccc3)CC2)CC(C)O1. The van der Waals surface area contributed by atoms with E-state index < -0.39 is 10.2 Å². The van der Waals surface area contributed by atoms with Gasteiger partial charge in [0.2, 0.25) is 0 Å². The standard InChI is InChI=1S/C19H32N4O3S/c1-17-15-23(16-18(2)26-17)27(24,25)20-9-6-10-21-11-13-22(14-12-21)19-7-4-3-5-8-19/h3-5,7-8,17-18,20H,6,9-16H2,1-2H3. The van der Waals surface area contributed by atoms with Gasteiger partial charge in [-0.1, -0.05) is 18.2 Å². The Hall–Kier alpha value is -1.19. The van der Waals surface area contributed by atoms with Crippen molar-refractivity contribution >= 4 is 15.9 Å². The number of nitrogens with zero attached hydrogens (tertiary/aromatic N) is 3. The van der Waals surface area contributed by atoms with Crippen molar-refractivity contribution in [2.75, 3.05) is 57.3 Å². The molecular weight excluding hydrogens is 364 g/mol. The zero-order valence-electron chi connectivity index (χ0n) is 16.4. The summed E-state index contributed by atoms with van der Waals surface area (Å²) in [4.78, 5) is 4.81. The van der Waals surface area contributed by atoms with E-state index >= 15 is 0 Å². The van der Waals surface area contributed by atoms with Gasteiger partial charge in [-0.25, -0.2) is 4.72 Å². The van der Waals surface area contributed by atoms with Crippen LogP contribution < -0.4 is 9.62 Å². The Kier molecular flexibility index (Phi) is 7.10. The number of hydrogen-bond donors (Lipinski definition) is 1. The first kappa shape index (κ1) is 20.5. The van der Waals surface area contributed by atoms with Gasteiger partial charge in [0.25, 0.3) is 10.2 Å². The highest BCUT2D eigenvalue weighted by Gasteiger charge is 2.30. The van der Waals surface area contributed by atoms with Gasteiger partial charge in [-0.3, -0.25) is 4.90 Å². The van der Waals surface area contributed by atoms with Crippen LogP contribution in [0.4, 0.5) is 5.69 Å². The lowest BCUT2D eigenvalue weighted by molar-refractivity contribution is -0.0443. The van der Waals surface area contributed by atoms with Gasteiger partial charge in [-0.2, -0.15) is 12.7 Å². The number of ether oxygens (including phenoxy) is 1. The first-order chi connectivity index (χ1) is 12.9. The summed E-state index contributed by atoms with van der Waals surface area (Å²) in [6.07, 6.45) is 0.692. The summed E-state index contributed by atoms with van der Waals surface area (Å²) in [6, 6.07) is 10.5. The van der Waals surface area contributed by atoms with Crippen LogP contribution in [0.5, 0.6) is 0 Å². The number of piperazine rings is 1. The van der Waals surface area contributed by atoms with Crippen LogP contribution in [0, 0.1) is 0 Å². The van der Waals surface area contributed by atoms with E-state index in [-0.39, 0.29) is 12.2 Å². The Morgan fingerprint density at radius 1 is 1.04 bits per heavy atom. The molecular formula is C19H32N4O3S. The van der Waals surface area contributed by atoms with Crippen molar-refractivity contribution in [3.63, 3.8) is 0 Å². The second kappa shape index (κ2) is 9.34. The lowest BCUT2D eigenvalue weighted by Gasteiger charge is -2.36. The van der Waals surface area contributed by atoms with Crippen molar-refractivity contribution in [1.29, 1.82) is 0 Å². The summed E-state index contributed by atoms with van der Waals surface area (Å²) in [5, 5.41) is 0. The van der Waals surface area contributed by atoms with Crippen LogP contribution in [0.3, 0.4) is 0 Å². The van der Waals surface area contributed by atoms with Crippen molar-refractivity contribution in [2.24, 2.45) is 0 Å². The Balaban J connectivity index is 1.36. The van der Waals surface area contributed by atoms with Gasteiger partial charge in [0.15, 0.2) is 0 Å². The molecule has 2 atom stereocenters. The smallest absolute Gasteiger partial charge is 0.279 e. The first-order valence-corrected chi connectivity index (χ1v) is 11.3. The molecule has 1 N–H and O–H groups in total. The summed E-state index contributed by atoms with van der Waals surface area (Å²) >= 11 is 0. The lowest BCUT2D eigenvalue weighted by atomic mass is 10.2. The van der Waals surface area contributed by atoms with Crippen molar-refractivity contribution in [2.45, 2.75) is 32.5 Å². The second-order valence-corrected chi connectivity index (χ2v) is 9.25. The van der Waals surface area contributed by atoms with Crippen molar-refractivity contribution in [3.05, 3.63) is 30.3 Å². The van der Waals surface area contributed by atoms with E-state index in [0.717, 1.165) is 39.1 Å². The highest BCUT2D eigenvalue weighted by Crippen LogP contribution is 2.16. The van der Waals surface area contributed by atoms with Crippen LogP contribution in [-0.2, 0) is 14.9 Å². The molecule has 152 valence electrons. The molecule has 0 aromatic heterocycles. The zero-order valence-corrected chi connectivity index (χ0v) is 17.2. The molecule has 8 heteroatoms. The van der Waals surface area contributed by atoms with Crippen LogP contribution >= 0.6 is 0 Å². The van der Waals surface area contributed by atoms with Gasteiger partial charge >= 0.3 is 0 Å². The Bertz CT molecular complexity index is 667. The van der Waals surface area contributed by atoms with Gasteiger partial charge in [-0.05, 0) is 38.9 Å². The lowest BCUT2D eigenvalue weighted by Crippen LogP contribution is -2.52. The Morgan fingerprint density at radius 3 is 2.30 bits per heavy atom.